The topological polar surface area (TPSA) is 0 Å². The zero-order chi connectivity index (χ0) is 18.6. The average molecular weight is 367 g/mol. The second-order valence-electron chi connectivity index (χ2n) is 8.71. The molecular formula is C23H33F3. The Labute approximate surface area is 156 Å². The Balaban J connectivity index is 1.40. The minimum absolute atomic E-state index is 0.452. The molecule has 0 radical (unpaired) electrons. The molecule has 3 rings (SSSR count). The highest BCUT2D eigenvalue weighted by Crippen LogP contribution is 2.40. The van der Waals surface area contributed by atoms with Crippen LogP contribution in [0.25, 0.3) is 0 Å². The van der Waals surface area contributed by atoms with Crippen molar-refractivity contribution in [3.05, 3.63) is 35.4 Å². The largest absolute Gasteiger partial charge is 0.416 e. The van der Waals surface area contributed by atoms with Gasteiger partial charge in [-0.25, -0.2) is 0 Å². The van der Waals surface area contributed by atoms with E-state index in [-0.39, 0.29) is 0 Å². The summed E-state index contributed by atoms with van der Waals surface area (Å²) in [5, 5.41) is 0. The fourth-order valence-corrected chi connectivity index (χ4v) is 5.13. The number of rotatable bonds is 5. The smallest absolute Gasteiger partial charge is 0.166 e. The Morgan fingerprint density at radius 1 is 0.731 bits per heavy atom. The first-order chi connectivity index (χ1) is 12.5. The number of hydrogen-bond acceptors (Lipinski definition) is 0. The lowest BCUT2D eigenvalue weighted by Crippen LogP contribution is -2.17. The molecule has 2 fully saturated rings. The van der Waals surface area contributed by atoms with E-state index in [1.54, 1.807) is 12.1 Å². The van der Waals surface area contributed by atoms with Crippen LogP contribution >= 0.6 is 0 Å². The molecule has 1 aromatic carbocycles. The molecule has 26 heavy (non-hydrogen) atoms. The molecule has 0 nitrogen and oxygen atoms in total. The van der Waals surface area contributed by atoms with Crippen molar-refractivity contribution in [2.45, 2.75) is 89.6 Å². The van der Waals surface area contributed by atoms with E-state index >= 15 is 0 Å². The van der Waals surface area contributed by atoms with E-state index in [1.807, 2.05) is 0 Å². The molecule has 0 bridgehead atoms. The van der Waals surface area contributed by atoms with E-state index in [0.29, 0.717) is 5.92 Å². The van der Waals surface area contributed by atoms with E-state index in [0.717, 1.165) is 36.2 Å². The van der Waals surface area contributed by atoms with E-state index in [9.17, 15) is 13.2 Å². The second kappa shape index (κ2) is 8.80. The Bertz CT molecular complexity index is 530. The Morgan fingerprint density at radius 2 is 1.19 bits per heavy atom. The average Bonchev–Trinajstić information content (AvgIpc) is 2.66. The fraction of sp³-hybridized carbons (Fsp3) is 0.739. The first-order valence-corrected chi connectivity index (χ1v) is 10.6. The van der Waals surface area contributed by atoms with Crippen molar-refractivity contribution in [3.8, 4) is 0 Å². The van der Waals surface area contributed by atoms with Gasteiger partial charge in [0, 0.05) is 0 Å². The van der Waals surface area contributed by atoms with Crippen molar-refractivity contribution in [1.82, 2.24) is 0 Å². The minimum atomic E-state index is -4.23. The molecule has 0 saturated heterocycles. The number of halogens is 3. The zero-order valence-corrected chi connectivity index (χ0v) is 16.0. The van der Waals surface area contributed by atoms with Crippen molar-refractivity contribution < 1.29 is 13.2 Å². The highest BCUT2D eigenvalue weighted by molar-refractivity contribution is 5.27. The van der Waals surface area contributed by atoms with Gasteiger partial charge in [-0.05, 0) is 67.1 Å². The molecule has 146 valence electrons. The van der Waals surface area contributed by atoms with Gasteiger partial charge >= 0.3 is 6.18 Å². The van der Waals surface area contributed by atoms with Crippen molar-refractivity contribution in [2.75, 3.05) is 0 Å². The third kappa shape index (κ3) is 5.27. The molecule has 0 atom stereocenters. The summed E-state index contributed by atoms with van der Waals surface area (Å²) in [6.45, 7) is 2.32. The van der Waals surface area contributed by atoms with Crippen LogP contribution in [0.5, 0.6) is 0 Å². The van der Waals surface area contributed by atoms with Gasteiger partial charge in [0.25, 0.3) is 0 Å². The zero-order valence-electron chi connectivity index (χ0n) is 16.0. The molecule has 3 heteroatoms. The van der Waals surface area contributed by atoms with Crippen molar-refractivity contribution in [2.24, 2.45) is 17.8 Å². The molecule has 2 aliphatic rings. The fourth-order valence-electron chi connectivity index (χ4n) is 5.13. The van der Waals surface area contributed by atoms with Gasteiger partial charge in [-0.2, -0.15) is 13.2 Å². The van der Waals surface area contributed by atoms with Crippen molar-refractivity contribution in [3.63, 3.8) is 0 Å². The highest BCUT2D eigenvalue weighted by atomic mass is 19.4. The molecule has 0 aliphatic heterocycles. The maximum Gasteiger partial charge on any atom is 0.416 e. The number of benzene rings is 1. The summed E-state index contributed by atoms with van der Waals surface area (Å²) in [5.41, 5.74) is 0.557. The van der Waals surface area contributed by atoms with Crippen LogP contribution in [0, 0.1) is 17.8 Å². The van der Waals surface area contributed by atoms with Crippen molar-refractivity contribution in [1.29, 1.82) is 0 Å². The molecular weight excluding hydrogens is 333 g/mol. The van der Waals surface area contributed by atoms with Gasteiger partial charge in [-0.15, -0.1) is 0 Å². The molecule has 0 N–H and O–H groups in total. The third-order valence-corrected chi connectivity index (χ3v) is 7.08. The molecule has 0 unspecified atom stereocenters. The third-order valence-electron chi connectivity index (χ3n) is 7.08. The standard InChI is InChI=1S/C23H33F3/c1-2-17-3-5-18(6-4-17)7-8-19-9-11-20(12-10-19)21-13-15-22(16-14-21)23(24,25)26/h13-20H,2-12H2,1H3. The maximum absolute atomic E-state index is 12.7. The van der Waals surface area contributed by atoms with Crippen LogP contribution in [-0.4, -0.2) is 0 Å². The van der Waals surface area contributed by atoms with Crippen LogP contribution in [0.15, 0.2) is 24.3 Å². The molecule has 0 heterocycles. The lowest BCUT2D eigenvalue weighted by atomic mass is 9.74. The van der Waals surface area contributed by atoms with Gasteiger partial charge < -0.3 is 0 Å². The number of hydrogen-bond donors (Lipinski definition) is 0. The Kier molecular flexibility index (Phi) is 6.69. The lowest BCUT2D eigenvalue weighted by molar-refractivity contribution is -0.137. The van der Waals surface area contributed by atoms with Crippen LogP contribution in [0.3, 0.4) is 0 Å². The van der Waals surface area contributed by atoms with Gasteiger partial charge in [0.05, 0.1) is 5.56 Å². The summed E-state index contributed by atoms with van der Waals surface area (Å²) in [4.78, 5) is 0. The van der Waals surface area contributed by atoms with Crippen LogP contribution in [0.1, 0.15) is 94.6 Å². The van der Waals surface area contributed by atoms with E-state index in [4.69, 9.17) is 0 Å². The predicted molar refractivity (Wildman–Crippen MR) is 101 cm³/mol. The second-order valence-corrected chi connectivity index (χ2v) is 8.71. The molecule has 1 aromatic rings. The molecule has 0 amide bonds. The Hall–Kier alpha value is -0.990. The Morgan fingerprint density at radius 3 is 1.65 bits per heavy atom. The summed E-state index contributed by atoms with van der Waals surface area (Å²) in [5.74, 6) is 3.22. The lowest BCUT2D eigenvalue weighted by Gasteiger charge is -2.32. The predicted octanol–water partition coefficient (Wildman–Crippen LogP) is 7.98. The van der Waals surface area contributed by atoms with Gasteiger partial charge in [-0.1, -0.05) is 64.0 Å². The van der Waals surface area contributed by atoms with Gasteiger partial charge in [-0.3, -0.25) is 0 Å². The SMILES string of the molecule is CCC1CCC(CCC2CCC(c3ccc(C(F)(F)F)cc3)CC2)CC1. The van der Waals surface area contributed by atoms with Gasteiger partial charge in [0.15, 0.2) is 0 Å². The molecule has 2 aliphatic carbocycles. The van der Waals surface area contributed by atoms with E-state index in [1.165, 1.54) is 69.9 Å². The molecule has 0 aromatic heterocycles. The first-order valence-electron chi connectivity index (χ1n) is 10.6. The summed E-state index contributed by atoms with van der Waals surface area (Å²) in [6.07, 6.45) is 10.4. The first kappa shape index (κ1) is 19.8. The maximum atomic E-state index is 12.7. The molecule has 0 spiro atoms. The normalized spacial score (nSPS) is 30.3. The van der Waals surface area contributed by atoms with Gasteiger partial charge in [0.1, 0.15) is 0 Å². The quantitative estimate of drug-likeness (QED) is 0.495. The summed E-state index contributed by atoms with van der Waals surface area (Å²) < 4.78 is 38.1. The summed E-state index contributed by atoms with van der Waals surface area (Å²) in [6, 6.07) is 5.88. The number of alkyl halides is 3. The monoisotopic (exact) mass is 366 g/mol. The van der Waals surface area contributed by atoms with Crippen LogP contribution in [-0.2, 0) is 6.18 Å². The minimum Gasteiger partial charge on any atom is -0.166 e. The van der Waals surface area contributed by atoms with Crippen LogP contribution < -0.4 is 0 Å². The van der Waals surface area contributed by atoms with E-state index < -0.39 is 11.7 Å². The summed E-state index contributed by atoms with van der Waals surface area (Å²) >= 11 is 0. The van der Waals surface area contributed by atoms with Crippen molar-refractivity contribution >= 4 is 0 Å². The van der Waals surface area contributed by atoms with Gasteiger partial charge in [0.2, 0.25) is 0 Å². The van der Waals surface area contributed by atoms with E-state index in [2.05, 4.69) is 6.92 Å². The highest BCUT2D eigenvalue weighted by Gasteiger charge is 2.31. The summed E-state index contributed by atoms with van der Waals surface area (Å²) in [7, 11) is 0. The van der Waals surface area contributed by atoms with Crippen LogP contribution in [0.2, 0.25) is 0 Å². The van der Waals surface area contributed by atoms with Crippen LogP contribution in [0.4, 0.5) is 13.2 Å². The molecule has 2 saturated carbocycles.